The molecule has 0 aromatic heterocycles. The summed E-state index contributed by atoms with van der Waals surface area (Å²) in [6.45, 7) is 3.36. The fourth-order valence-electron chi connectivity index (χ4n) is 1.97. The molecule has 1 aliphatic heterocycles. The molecule has 1 heterocycles. The van der Waals surface area contributed by atoms with Crippen molar-refractivity contribution < 1.29 is 9.94 Å². The second-order valence-corrected chi connectivity index (χ2v) is 3.63. The van der Waals surface area contributed by atoms with Gasteiger partial charge in [0.15, 0.2) is 0 Å². The van der Waals surface area contributed by atoms with Crippen LogP contribution in [0.3, 0.4) is 0 Å². The summed E-state index contributed by atoms with van der Waals surface area (Å²) in [7, 11) is 0. The first kappa shape index (κ1) is 9.52. The minimum absolute atomic E-state index is 0.774. The van der Waals surface area contributed by atoms with E-state index in [1.807, 2.05) is 0 Å². The molecule has 2 aliphatic rings. The van der Waals surface area contributed by atoms with Gasteiger partial charge in [-0.15, -0.1) is 0 Å². The summed E-state index contributed by atoms with van der Waals surface area (Å²) >= 11 is 0. The number of rotatable bonds is 1. The van der Waals surface area contributed by atoms with Crippen molar-refractivity contribution in [3.8, 4) is 0 Å². The van der Waals surface area contributed by atoms with E-state index in [9.17, 15) is 0 Å². The Labute approximate surface area is 83.8 Å². The molecule has 0 bridgehead atoms. The second kappa shape index (κ2) is 4.46. The Morgan fingerprint density at radius 3 is 2.86 bits per heavy atom. The molecule has 78 valence electrons. The van der Waals surface area contributed by atoms with E-state index in [2.05, 4.69) is 16.1 Å². The first-order chi connectivity index (χ1) is 6.92. The summed E-state index contributed by atoms with van der Waals surface area (Å²) in [5.74, 6) is 0. The third-order valence-corrected chi connectivity index (χ3v) is 2.72. The molecule has 0 aromatic carbocycles. The van der Waals surface area contributed by atoms with Gasteiger partial charge in [0.05, 0.1) is 18.9 Å². The molecular weight excluding hydrogens is 180 g/mol. The Bertz CT molecular complexity index is 255. The SMILES string of the molecule is O/N=C1\CCCC=C1N1CCOCC1. The van der Waals surface area contributed by atoms with E-state index in [0.29, 0.717) is 0 Å². The maximum atomic E-state index is 8.88. The predicted molar refractivity (Wildman–Crippen MR) is 53.5 cm³/mol. The molecular formula is C10H16N2O2. The minimum Gasteiger partial charge on any atom is -0.411 e. The molecule has 4 nitrogen and oxygen atoms in total. The van der Waals surface area contributed by atoms with Crippen molar-refractivity contribution >= 4 is 5.71 Å². The van der Waals surface area contributed by atoms with Gasteiger partial charge in [-0.1, -0.05) is 11.2 Å². The van der Waals surface area contributed by atoms with Crippen LogP contribution in [0.1, 0.15) is 19.3 Å². The van der Waals surface area contributed by atoms with E-state index in [1.54, 1.807) is 0 Å². The van der Waals surface area contributed by atoms with Gasteiger partial charge in [0, 0.05) is 13.1 Å². The number of nitrogens with zero attached hydrogens (tertiary/aromatic N) is 2. The van der Waals surface area contributed by atoms with Crippen molar-refractivity contribution in [1.82, 2.24) is 4.90 Å². The lowest BCUT2D eigenvalue weighted by Gasteiger charge is -2.32. The fraction of sp³-hybridized carbons (Fsp3) is 0.700. The zero-order chi connectivity index (χ0) is 9.80. The summed E-state index contributed by atoms with van der Waals surface area (Å²) in [6, 6.07) is 0. The van der Waals surface area contributed by atoms with Gasteiger partial charge < -0.3 is 14.8 Å². The number of morpholine rings is 1. The van der Waals surface area contributed by atoms with E-state index in [-0.39, 0.29) is 0 Å². The Morgan fingerprint density at radius 2 is 2.14 bits per heavy atom. The van der Waals surface area contributed by atoms with Crippen molar-refractivity contribution in [2.75, 3.05) is 26.3 Å². The van der Waals surface area contributed by atoms with E-state index in [1.165, 1.54) is 0 Å². The lowest BCUT2D eigenvalue weighted by Crippen LogP contribution is -2.38. The van der Waals surface area contributed by atoms with Crippen molar-refractivity contribution in [2.45, 2.75) is 19.3 Å². The van der Waals surface area contributed by atoms with Gasteiger partial charge in [0.2, 0.25) is 0 Å². The minimum atomic E-state index is 0.774. The highest BCUT2D eigenvalue weighted by molar-refractivity contribution is 5.99. The van der Waals surface area contributed by atoms with Crippen LogP contribution in [0.4, 0.5) is 0 Å². The van der Waals surface area contributed by atoms with Crippen LogP contribution in [0, 0.1) is 0 Å². The molecule has 1 N–H and O–H groups in total. The number of hydrogen-bond donors (Lipinski definition) is 1. The molecule has 0 saturated carbocycles. The van der Waals surface area contributed by atoms with Gasteiger partial charge in [-0.25, -0.2) is 0 Å². The van der Waals surface area contributed by atoms with Crippen LogP contribution in [0.5, 0.6) is 0 Å². The van der Waals surface area contributed by atoms with Crippen molar-refractivity contribution in [3.63, 3.8) is 0 Å². The van der Waals surface area contributed by atoms with Crippen LogP contribution < -0.4 is 0 Å². The third kappa shape index (κ3) is 1.90. The maximum Gasteiger partial charge on any atom is 0.102 e. The van der Waals surface area contributed by atoms with Crippen LogP contribution in [0.2, 0.25) is 0 Å². The molecule has 0 aromatic rings. The molecule has 0 unspecified atom stereocenters. The number of ether oxygens (including phenoxy) is 1. The Balaban J connectivity index is 2.09. The molecule has 0 spiro atoms. The Hall–Kier alpha value is -1.03. The molecule has 2 rings (SSSR count). The molecule has 1 fully saturated rings. The zero-order valence-electron chi connectivity index (χ0n) is 8.28. The largest absolute Gasteiger partial charge is 0.411 e. The topological polar surface area (TPSA) is 45.1 Å². The van der Waals surface area contributed by atoms with Gasteiger partial charge in [-0.2, -0.15) is 0 Å². The predicted octanol–water partition coefficient (Wildman–Crippen LogP) is 1.22. The highest BCUT2D eigenvalue weighted by Gasteiger charge is 2.20. The molecule has 0 radical (unpaired) electrons. The summed E-state index contributed by atoms with van der Waals surface area (Å²) in [6.07, 6.45) is 5.24. The maximum absolute atomic E-state index is 8.88. The van der Waals surface area contributed by atoms with Gasteiger partial charge in [0.1, 0.15) is 5.71 Å². The standard InChI is InChI=1S/C10H16N2O2/c13-11-9-3-1-2-4-10(9)12-5-7-14-8-6-12/h4,13H,1-3,5-8H2/b11-9+. The highest BCUT2D eigenvalue weighted by Crippen LogP contribution is 2.19. The lowest BCUT2D eigenvalue weighted by atomic mass is 10.0. The lowest BCUT2D eigenvalue weighted by molar-refractivity contribution is 0.0558. The van der Waals surface area contributed by atoms with Gasteiger partial charge in [-0.05, 0) is 19.3 Å². The van der Waals surface area contributed by atoms with E-state index < -0.39 is 0 Å². The van der Waals surface area contributed by atoms with Crippen molar-refractivity contribution in [3.05, 3.63) is 11.8 Å². The van der Waals surface area contributed by atoms with Crippen LogP contribution >= 0.6 is 0 Å². The summed E-state index contributed by atoms with van der Waals surface area (Å²) in [4.78, 5) is 2.25. The van der Waals surface area contributed by atoms with E-state index >= 15 is 0 Å². The number of hydrogen-bond acceptors (Lipinski definition) is 4. The number of allylic oxidation sites excluding steroid dienone is 2. The molecule has 0 atom stereocenters. The third-order valence-electron chi connectivity index (χ3n) is 2.72. The van der Waals surface area contributed by atoms with Crippen LogP contribution in [-0.4, -0.2) is 42.1 Å². The van der Waals surface area contributed by atoms with Crippen LogP contribution in [0.15, 0.2) is 16.9 Å². The average molecular weight is 196 g/mol. The summed E-state index contributed by atoms with van der Waals surface area (Å²) in [5.41, 5.74) is 1.94. The summed E-state index contributed by atoms with van der Waals surface area (Å²) in [5, 5.41) is 12.3. The molecule has 0 amide bonds. The van der Waals surface area contributed by atoms with Crippen LogP contribution in [0.25, 0.3) is 0 Å². The zero-order valence-corrected chi connectivity index (χ0v) is 8.28. The van der Waals surface area contributed by atoms with E-state index in [0.717, 1.165) is 57.0 Å². The molecule has 14 heavy (non-hydrogen) atoms. The smallest absolute Gasteiger partial charge is 0.102 e. The second-order valence-electron chi connectivity index (χ2n) is 3.63. The fourth-order valence-corrected chi connectivity index (χ4v) is 1.97. The van der Waals surface area contributed by atoms with Gasteiger partial charge in [0.25, 0.3) is 0 Å². The molecule has 1 aliphatic carbocycles. The molecule has 1 saturated heterocycles. The van der Waals surface area contributed by atoms with Gasteiger partial charge >= 0.3 is 0 Å². The molecule has 4 heteroatoms. The van der Waals surface area contributed by atoms with E-state index in [4.69, 9.17) is 9.94 Å². The van der Waals surface area contributed by atoms with Gasteiger partial charge in [-0.3, -0.25) is 0 Å². The highest BCUT2D eigenvalue weighted by atomic mass is 16.5. The van der Waals surface area contributed by atoms with Crippen molar-refractivity contribution in [2.24, 2.45) is 5.16 Å². The number of oxime groups is 1. The first-order valence-electron chi connectivity index (χ1n) is 5.16. The summed E-state index contributed by atoms with van der Waals surface area (Å²) < 4.78 is 5.29. The average Bonchev–Trinajstić information content (AvgIpc) is 2.30. The Morgan fingerprint density at radius 1 is 1.36 bits per heavy atom. The van der Waals surface area contributed by atoms with Crippen LogP contribution in [-0.2, 0) is 4.74 Å². The monoisotopic (exact) mass is 196 g/mol. The quantitative estimate of drug-likeness (QED) is 0.506. The Kier molecular flexibility index (Phi) is 3.03. The first-order valence-corrected chi connectivity index (χ1v) is 5.16. The normalized spacial score (nSPS) is 26.4. The van der Waals surface area contributed by atoms with Crippen molar-refractivity contribution in [1.29, 1.82) is 0 Å².